The molecule has 0 saturated heterocycles. The predicted molar refractivity (Wildman–Crippen MR) is 84.5 cm³/mol. The fraction of sp³-hybridized carbons (Fsp3) is 0.133. The third-order valence-electron chi connectivity index (χ3n) is 3.30. The number of nitro benzene ring substituents is 1. The summed E-state index contributed by atoms with van der Waals surface area (Å²) in [6.07, 6.45) is 0. The van der Waals surface area contributed by atoms with Crippen LogP contribution in [0.2, 0.25) is 0 Å². The Balaban J connectivity index is 1.70. The van der Waals surface area contributed by atoms with E-state index in [0.29, 0.717) is 16.0 Å². The van der Waals surface area contributed by atoms with Crippen molar-refractivity contribution >= 4 is 27.5 Å². The molecule has 0 aromatic heterocycles. The normalized spacial score (nSPS) is 12.0. The van der Waals surface area contributed by atoms with Crippen LogP contribution in [0.1, 0.15) is 15.9 Å². The average Bonchev–Trinajstić information content (AvgIpc) is 3.00. The largest absolute Gasteiger partial charge is 0.454 e. The number of nitro groups is 1. The van der Waals surface area contributed by atoms with Gasteiger partial charge in [0, 0.05) is 18.2 Å². The summed E-state index contributed by atoms with van der Waals surface area (Å²) < 4.78 is 10.8. The molecule has 0 bridgehead atoms. The molecule has 1 aliphatic heterocycles. The summed E-state index contributed by atoms with van der Waals surface area (Å²) in [7, 11) is 0. The van der Waals surface area contributed by atoms with Crippen LogP contribution in [0.4, 0.5) is 5.69 Å². The Bertz CT molecular complexity index is 793. The topological polar surface area (TPSA) is 90.7 Å². The standard InChI is InChI=1S/C15H11BrN2O5/c16-11-3-2-10(6-12(11)18(20)21)15(19)17-7-9-1-4-13-14(5-9)23-8-22-13/h1-6H,7-8H2,(H,17,19). The van der Waals surface area contributed by atoms with Crippen molar-refractivity contribution in [2.75, 3.05) is 6.79 Å². The van der Waals surface area contributed by atoms with Gasteiger partial charge in [-0.05, 0) is 45.8 Å². The zero-order valence-corrected chi connectivity index (χ0v) is 13.3. The van der Waals surface area contributed by atoms with Crippen molar-refractivity contribution in [1.82, 2.24) is 5.32 Å². The van der Waals surface area contributed by atoms with Gasteiger partial charge in [-0.1, -0.05) is 6.07 Å². The van der Waals surface area contributed by atoms with E-state index < -0.39 is 10.8 Å². The second kappa shape index (κ2) is 6.25. The van der Waals surface area contributed by atoms with Crippen molar-refractivity contribution in [2.24, 2.45) is 0 Å². The fourth-order valence-electron chi connectivity index (χ4n) is 2.13. The molecule has 1 amide bonds. The lowest BCUT2D eigenvalue weighted by molar-refractivity contribution is -0.385. The molecular weight excluding hydrogens is 368 g/mol. The zero-order chi connectivity index (χ0) is 16.4. The molecule has 0 spiro atoms. The third-order valence-corrected chi connectivity index (χ3v) is 3.97. The first kappa shape index (κ1) is 15.3. The highest BCUT2D eigenvalue weighted by Gasteiger charge is 2.17. The van der Waals surface area contributed by atoms with Gasteiger partial charge in [-0.2, -0.15) is 0 Å². The molecule has 23 heavy (non-hydrogen) atoms. The van der Waals surface area contributed by atoms with Crippen molar-refractivity contribution in [3.8, 4) is 11.5 Å². The molecule has 0 fully saturated rings. The number of halogens is 1. The Kier molecular flexibility index (Phi) is 4.16. The van der Waals surface area contributed by atoms with E-state index in [1.54, 1.807) is 12.1 Å². The lowest BCUT2D eigenvalue weighted by atomic mass is 10.1. The number of fused-ring (bicyclic) bond motifs is 1. The van der Waals surface area contributed by atoms with E-state index >= 15 is 0 Å². The number of amides is 1. The molecule has 2 aromatic rings. The second-order valence-electron chi connectivity index (χ2n) is 4.79. The number of carbonyl (C=O) groups excluding carboxylic acids is 1. The van der Waals surface area contributed by atoms with Gasteiger partial charge in [0.05, 0.1) is 9.40 Å². The maximum atomic E-state index is 12.1. The van der Waals surface area contributed by atoms with Gasteiger partial charge in [0.1, 0.15) is 0 Å². The van der Waals surface area contributed by atoms with Crippen molar-refractivity contribution in [1.29, 1.82) is 0 Å². The lowest BCUT2D eigenvalue weighted by Gasteiger charge is -2.07. The van der Waals surface area contributed by atoms with Crippen LogP contribution in [-0.4, -0.2) is 17.6 Å². The maximum absolute atomic E-state index is 12.1. The summed E-state index contributed by atoms with van der Waals surface area (Å²) in [5.74, 6) is 0.915. The number of ether oxygens (including phenoxy) is 2. The van der Waals surface area contributed by atoms with E-state index in [9.17, 15) is 14.9 Å². The minimum atomic E-state index is -0.543. The molecule has 3 rings (SSSR count). The van der Waals surface area contributed by atoms with Crippen molar-refractivity contribution in [3.63, 3.8) is 0 Å². The van der Waals surface area contributed by atoms with E-state index in [0.717, 1.165) is 5.56 Å². The van der Waals surface area contributed by atoms with E-state index in [-0.39, 0.29) is 24.6 Å². The van der Waals surface area contributed by atoms with Crippen LogP contribution in [0.15, 0.2) is 40.9 Å². The number of hydrogen-bond donors (Lipinski definition) is 1. The molecule has 118 valence electrons. The Morgan fingerprint density at radius 1 is 1.22 bits per heavy atom. The molecule has 0 saturated carbocycles. The molecule has 1 N–H and O–H groups in total. The first-order chi connectivity index (χ1) is 11.0. The van der Waals surface area contributed by atoms with Crippen LogP contribution in [0.5, 0.6) is 11.5 Å². The van der Waals surface area contributed by atoms with Crippen LogP contribution >= 0.6 is 15.9 Å². The lowest BCUT2D eigenvalue weighted by Crippen LogP contribution is -2.22. The number of rotatable bonds is 4. The van der Waals surface area contributed by atoms with Crippen LogP contribution < -0.4 is 14.8 Å². The monoisotopic (exact) mass is 378 g/mol. The number of hydrogen-bond acceptors (Lipinski definition) is 5. The van der Waals surface area contributed by atoms with Crippen molar-refractivity contribution < 1.29 is 19.2 Å². The van der Waals surface area contributed by atoms with Crippen molar-refractivity contribution in [3.05, 3.63) is 62.1 Å². The summed E-state index contributed by atoms with van der Waals surface area (Å²) in [5.41, 5.74) is 0.913. The van der Waals surface area contributed by atoms with Crippen LogP contribution in [-0.2, 0) is 6.54 Å². The van der Waals surface area contributed by atoms with Gasteiger partial charge in [-0.25, -0.2) is 0 Å². The van der Waals surface area contributed by atoms with E-state index in [1.807, 2.05) is 6.07 Å². The number of nitrogens with one attached hydrogen (secondary N) is 1. The summed E-state index contributed by atoms with van der Waals surface area (Å²) in [5, 5.41) is 13.6. The summed E-state index contributed by atoms with van der Waals surface area (Å²) >= 11 is 3.09. The van der Waals surface area contributed by atoms with Gasteiger partial charge in [-0.3, -0.25) is 14.9 Å². The molecule has 7 nitrogen and oxygen atoms in total. The molecular formula is C15H11BrN2O5. The van der Waals surface area contributed by atoms with E-state index in [2.05, 4.69) is 21.2 Å². The molecule has 1 heterocycles. The van der Waals surface area contributed by atoms with Crippen LogP contribution in [0.3, 0.4) is 0 Å². The SMILES string of the molecule is O=C(NCc1ccc2c(c1)OCO2)c1ccc(Br)c([N+](=O)[O-])c1. The van der Waals surface area contributed by atoms with Gasteiger partial charge in [-0.15, -0.1) is 0 Å². The first-order valence-corrected chi connectivity index (χ1v) is 7.44. The highest BCUT2D eigenvalue weighted by Crippen LogP contribution is 2.32. The molecule has 1 aliphatic rings. The highest BCUT2D eigenvalue weighted by molar-refractivity contribution is 9.10. The van der Waals surface area contributed by atoms with Crippen molar-refractivity contribution in [2.45, 2.75) is 6.54 Å². The van der Waals surface area contributed by atoms with Gasteiger partial charge < -0.3 is 14.8 Å². The highest BCUT2D eigenvalue weighted by atomic mass is 79.9. The molecule has 0 aliphatic carbocycles. The molecule has 0 radical (unpaired) electrons. The summed E-state index contributed by atoms with van der Waals surface area (Å²) in [4.78, 5) is 22.5. The van der Waals surface area contributed by atoms with Gasteiger partial charge in [0.2, 0.25) is 6.79 Å². The minimum absolute atomic E-state index is 0.152. The minimum Gasteiger partial charge on any atom is -0.454 e. The zero-order valence-electron chi connectivity index (χ0n) is 11.7. The van der Waals surface area contributed by atoms with Crippen LogP contribution in [0.25, 0.3) is 0 Å². The third kappa shape index (κ3) is 3.26. The Labute approximate surface area is 139 Å². The smallest absolute Gasteiger partial charge is 0.284 e. The van der Waals surface area contributed by atoms with E-state index in [1.165, 1.54) is 18.2 Å². The van der Waals surface area contributed by atoms with E-state index in [4.69, 9.17) is 9.47 Å². The predicted octanol–water partition coefficient (Wildman–Crippen LogP) is 3.02. The Morgan fingerprint density at radius 2 is 2.00 bits per heavy atom. The molecule has 2 aromatic carbocycles. The van der Waals surface area contributed by atoms with Crippen LogP contribution in [0, 0.1) is 10.1 Å². The molecule has 0 unspecified atom stereocenters. The van der Waals surface area contributed by atoms with Gasteiger partial charge in [0.25, 0.3) is 11.6 Å². The summed E-state index contributed by atoms with van der Waals surface area (Å²) in [6, 6.07) is 9.61. The Hall–Kier alpha value is -2.61. The maximum Gasteiger partial charge on any atom is 0.284 e. The fourth-order valence-corrected chi connectivity index (χ4v) is 2.52. The molecule has 8 heteroatoms. The number of benzene rings is 2. The second-order valence-corrected chi connectivity index (χ2v) is 5.65. The Morgan fingerprint density at radius 3 is 2.78 bits per heavy atom. The number of nitrogens with zero attached hydrogens (tertiary/aromatic N) is 1. The molecule has 0 atom stereocenters. The van der Waals surface area contributed by atoms with Gasteiger partial charge in [0.15, 0.2) is 11.5 Å². The first-order valence-electron chi connectivity index (χ1n) is 6.65. The quantitative estimate of drug-likeness (QED) is 0.652. The summed E-state index contributed by atoms with van der Waals surface area (Å²) in [6.45, 7) is 0.465. The number of carbonyl (C=O) groups is 1. The van der Waals surface area contributed by atoms with Gasteiger partial charge >= 0.3 is 0 Å². The average molecular weight is 379 g/mol.